The van der Waals surface area contributed by atoms with Gasteiger partial charge in [-0.3, -0.25) is 0 Å². The molecule has 0 bridgehead atoms. The van der Waals surface area contributed by atoms with Gasteiger partial charge >= 0.3 is 0 Å². The SMILES string of the molecule is CCc1nc(Cl)cc(OC(C)CC(C)C)n1. The zero-order chi connectivity index (χ0) is 12.1. The van der Waals surface area contributed by atoms with Crippen LogP contribution in [0.4, 0.5) is 0 Å². The lowest BCUT2D eigenvalue weighted by molar-refractivity contribution is 0.185. The van der Waals surface area contributed by atoms with Crippen molar-refractivity contribution in [3.05, 3.63) is 17.0 Å². The van der Waals surface area contributed by atoms with Gasteiger partial charge in [0.05, 0.1) is 6.10 Å². The highest BCUT2D eigenvalue weighted by atomic mass is 35.5. The van der Waals surface area contributed by atoms with Crippen LogP contribution < -0.4 is 4.74 Å². The number of ether oxygens (including phenoxy) is 1. The molecule has 0 N–H and O–H groups in total. The summed E-state index contributed by atoms with van der Waals surface area (Å²) in [5.74, 6) is 1.90. The fraction of sp³-hybridized carbons (Fsp3) is 0.667. The van der Waals surface area contributed by atoms with Crippen molar-refractivity contribution in [3.63, 3.8) is 0 Å². The zero-order valence-electron chi connectivity index (χ0n) is 10.3. The molecule has 0 fully saturated rings. The van der Waals surface area contributed by atoms with Crippen LogP contribution in [0.25, 0.3) is 0 Å². The molecule has 90 valence electrons. The average molecular weight is 243 g/mol. The van der Waals surface area contributed by atoms with Gasteiger partial charge in [-0.15, -0.1) is 0 Å². The Kier molecular flexibility index (Phi) is 5.00. The smallest absolute Gasteiger partial charge is 0.218 e. The number of rotatable bonds is 5. The molecule has 3 nitrogen and oxygen atoms in total. The molecule has 0 aliphatic heterocycles. The van der Waals surface area contributed by atoms with Crippen molar-refractivity contribution in [2.45, 2.75) is 46.6 Å². The average Bonchev–Trinajstić information content (AvgIpc) is 2.14. The lowest BCUT2D eigenvalue weighted by Gasteiger charge is -2.16. The summed E-state index contributed by atoms with van der Waals surface area (Å²) in [6.45, 7) is 8.38. The van der Waals surface area contributed by atoms with E-state index < -0.39 is 0 Å². The standard InChI is InChI=1S/C12H19ClN2O/c1-5-11-14-10(13)7-12(15-11)16-9(4)6-8(2)3/h7-9H,5-6H2,1-4H3. The van der Waals surface area contributed by atoms with E-state index in [9.17, 15) is 0 Å². The summed E-state index contributed by atoms with van der Waals surface area (Å²) in [5, 5.41) is 0.443. The molecule has 0 amide bonds. The van der Waals surface area contributed by atoms with E-state index in [1.165, 1.54) is 0 Å². The van der Waals surface area contributed by atoms with E-state index in [1.807, 2.05) is 13.8 Å². The first-order valence-electron chi connectivity index (χ1n) is 5.71. The lowest BCUT2D eigenvalue weighted by Crippen LogP contribution is -2.15. The van der Waals surface area contributed by atoms with Gasteiger partial charge in [-0.1, -0.05) is 32.4 Å². The molecule has 0 aliphatic carbocycles. The molecule has 1 aromatic heterocycles. The molecule has 1 atom stereocenters. The Labute approximate surface area is 102 Å². The van der Waals surface area contributed by atoms with E-state index in [-0.39, 0.29) is 6.10 Å². The van der Waals surface area contributed by atoms with E-state index in [1.54, 1.807) is 6.07 Å². The van der Waals surface area contributed by atoms with Crippen LogP contribution in [0.15, 0.2) is 6.07 Å². The predicted octanol–water partition coefficient (Wildman–Crippen LogP) is 3.51. The van der Waals surface area contributed by atoms with E-state index in [0.717, 1.165) is 18.7 Å². The van der Waals surface area contributed by atoms with Crippen LogP contribution >= 0.6 is 11.6 Å². The summed E-state index contributed by atoms with van der Waals surface area (Å²) in [7, 11) is 0. The normalized spacial score (nSPS) is 12.9. The second-order valence-electron chi connectivity index (χ2n) is 4.36. The minimum atomic E-state index is 0.149. The summed E-state index contributed by atoms with van der Waals surface area (Å²) in [6.07, 6.45) is 1.91. The van der Waals surface area contributed by atoms with Gasteiger partial charge in [0.15, 0.2) is 0 Å². The van der Waals surface area contributed by atoms with Gasteiger partial charge in [0.1, 0.15) is 11.0 Å². The zero-order valence-corrected chi connectivity index (χ0v) is 11.1. The first-order chi connectivity index (χ1) is 7.51. The van der Waals surface area contributed by atoms with Crippen LogP contribution in [-0.2, 0) is 6.42 Å². The van der Waals surface area contributed by atoms with E-state index in [2.05, 4.69) is 23.8 Å². The maximum atomic E-state index is 5.89. The van der Waals surface area contributed by atoms with Crippen molar-refractivity contribution >= 4 is 11.6 Å². The third-order valence-electron chi connectivity index (χ3n) is 2.16. The third kappa shape index (κ3) is 4.35. The first-order valence-corrected chi connectivity index (χ1v) is 6.09. The Morgan fingerprint density at radius 3 is 2.56 bits per heavy atom. The monoisotopic (exact) mass is 242 g/mol. The number of nitrogens with zero attached hydrogens (tertiary/aromatic N) is 2. The maximum absolute atomic E-state index is 5.89. The molecule has 0 aliphatic rings. The van der Waals surface area contributed by atoms with Gasteiger partial charge in [-0.05, 0) is 19.3 Å². The van der Waals surface area contributed by atoms with Gasteiger partial charge in [0, 0.05) is 12.5 Å². The van der Waals surface area contributed by atoms with Crippen molar-refractivity contribution in [2.75, 3.05) is 0 Å². The minimum Gasteiger partial charge on any atom is -0.475 e. The molecule has 0 saturated heterocycles. The molecular weight excluding hydrogens is 224 g/mol. The van der Waals surface area contributed by atoms with Crippen LogP contribution in [0.3, 0.4) is 0 Å². The van der Waals surface area contributed by atoms with Crippen molar-refractivity contribution in [3.8, 4) is 5.88 Å². The number of hydrogen-bond donors (Lipinski definition) is 0. The number of aryl methyl sites for hydroxylation is 1. The predicted molar refractivity (Wildman–Crippen MR) is 66.0 cm³/mol. The highest BCUT2D eigenvalue weighted by Gasteiger charge is 2.09. The van der Waals surface area contributed by atoms with Gasteiger partial charge in [0.25, 0.3) is 0 Å². The lowest BCUT2D eigenvalue weighted by atomic mass is 10.1. The van der Waals surface area contributed by atoms with Crippen LogP contribution in [0.2, 0.25) is 5.15 Å². The Bertz CT molecular complexity index is 342. The fourth-order valence-corrected chi connectivity index (χ4v) is 1.77. The fourth-order valence-electron chi connectivity index (χ4n) is 1.58. The summed E-state index contributed by atoms with van der Waals surface area (Å²) < 4.78 is 5.71. The van der Waals surface area contributed by atoms with Crippen molar-refractivity contribution < 1.29 is 4.74 Å². The summed E-state index contributed by atoms with van der Waals surface area (Å²) in [4.78, 5) is 8.38. The molecule has 1 unspecified atom stereocenters. The van der Waals surface area contributed by atoms with Crippen LogP contribution in [-0.4, -0.2) is 16.1 Å². The molecule has 0 saturated carbocycles. The quantitative estimate of drug-likeness (QED) is 0.742. The molecule has 1 aromatic rings. The molecule has 1 heterocycles. The van der Waals surface area contributed by atoms with E-state index >= 15 is 0 Å². The molecular formula is C12H19ClN2O. The Balaban J connectivity index is 2.69. The molecule has 0 aromatic carbocycles. The number of halogens is 1. The maximum Gasteiger partial charge on any atom is 0.218 e. The molecule has 1 rings (SSSR count). The van der Waals surface area contributed by atoms with Gasteiger partial charge in [-0.25, -0.2) is 4.98 Å². The minimum absolute atomic E-state index is 0.149. The Morgan fingerprint density at radius 2 is 2.00 bits per heavy atom. The van der Waals surface area contributed by atoms with E-state index in [0.29, 0.717) is 17.0 Å². The van der Waals surface area contributed by atoms with Gasteiger partial charge < -0.3 is 4.74 Å². The Morgan fingerprint density at radius 1 is 1.31 bits per heavy atom. The summed E-state index contributed by atoms with van der Waals surface area (Å²) >= 11 is 5.89. The number of aromatic nitrogens is 2. The van der Waals surface area contributed by atoms with Crippen molar-refractivity contribution in [1.82, 2.24) is 9.97 Å². The van der Waals surface area contributed by atoms with Gasteiger partial charge in [0.2, 0.25) is 5.88 Å². The largest absolute Gasteiger partial charge is 0.475 e. The molecule has 0 spiro atoms. The second-order valence-corrected chi connectivity index (χ2v) is 4.74. The van der Waals surface area contributed by atoms with Crippen LogP contribution in [0.5, 0.6) is 5.88 Å². The van der Waals surface area contributed by atoms with Gasteiger partial charge in [-0.2, -0.15) is 4.98 Å². The Hall–Kier alpha value is -0.830. The highest BCUT2D eigenvalue weighted by molar-refractivity contribution is 6.29. The molecule has 0 radical (unpaired) electrons. The number of hydrogen-bond acceptors (Lipinski definition) is 3. The molecule has 4 heteroatoms. The summed E-state index contributed by atoms with van der Waals surface area (Å²) in [5.41, 5.74) is 0. The van der Waals surface area contributed by atoms with Crippen molar-refractivity contribution in [2.24, 2.45) is 5.92 Å². The summed E-state index contributed by atoms with van der Waals surface area (Å²) in [6, 6.07) is 1.66. The molecule has 16 heavy (non-hydrogen) atoms. The van der Waals surface area contributed by atoms with Crippen molar-refractivity contribution in [1.29, 1.82) is 0 Å². The topological polar surface area (TPSA) is 35.0 Å². The first kappa shape index (κ1) is 13.2. The highest BCUT2D eigenvalue weighted by Crippen LogP contribution is 2.17. The second kappa shape index (κ2) is 6.04. The van der Waals surface area contributed by atoms with E-state index in [4.69, 9.17) is 16.3 Å². The van der Waals surface area contributed by atoms with Crippen LogP contribution in [0, 0.1) is 5.92 Å². The third-order valence-corrected chi connectivity index (χ3v) is 2.35. The van der Waals surface area contributed by atoms with Crippen LogP contribution in [0.1, 0.15) is 39.9 Å².